The molecule has 2 aliphatic rings. The molecule has 0 saturated carbocycles. The third kappa shape index (κ3) is 6.83. The Morgan fingerprint density at radius 2 is 1.66 bits per heavy atom. The summed E-state index contributed by atoms with van der Waals surface area (Å²) in [4.78, 5) is 15.9. The van der Waals surface area contributed by atoms with Gasteiger partial charge >= 0.3 is 6.18 Å². The molecule has 0 amide bonds. The van der Waals surface area contributed by atoms with E-state index in [-0.39, 0.29) is 43.5 Å². The van der Waals surface area contributed by atoms with Crippen LogP contribution in [0.3, 0.4) is 0 Å². The van der Waals surface area contributed by atoms with E-state index < -0.39 is 19.8 Å². The molecule has 3 aromatic carbocycles. The zero-order valence-electron chi connectivity index (χ0n) is 27.7. The van der Waals surface area contributed by atoms with Gasteiger partial charge in [-0.3, -0.25) is 4.79 Å². The number of ketones is 1. The van der Waals surface area contributed by atoms with Crippen molar-refractivity contribution < 1.29 is 43.2 Å². The van der Waals surface area contributed by atoms with Gasteiger partial charge in [0.05, 0.1) is 19.4 Å². The van der Waals surface area contributed by atoms with Gasteiger partial charge in [-0.2, -0.15) is 13.2 Å². The summed E-state index contributed by atoms with van der Waals surface area (Å²) in [5.41, 5.74) is 5.53. The van der Waals surface area contributed by atoms with Crippen LogP contribution < -0.4 is 10.4 Å². The van der Waals surface area contributed by atoms with Crippen molar-refractivity contribution >= 4 is 47.2 Å². The fourth-order valence-electron chi connectivity index (χ4n) is 6.96. The summed E-state index contributed by atoms with van der Waals surface area (Å²) < 4.78 is 39.1. The van der Waals surface area contributed by atoms with E-state index in [4.69, 9.17) is 0 Å². The summed E-state index contributed by atoms with van der Waals surface area (Å²) in [6, 6.07) is 18.5. The Morgan fingerprint density at radius 3 is 2.26 bits per heavy atom. The molecular weight excluding hydrogens is 792 g/mol. The smallest absolute Gasteiger partial charge is 0.417 e. The van der Waals surface area contributed by atoms with Gasteiger partial charge in [-0.05, 0) is 58.8 Å². The minimum absolute atomic E-state index is 0. The van der Waals surface area contributed by atoms with Crippen molar-refractivity contribution in [2.45, 2.75) is 72.6 Å². The molecule has 0 fully saturated rings. The van der Waals surface area contributed by atoms with Gasteiger partial charge in [-0.15, -0.1) is 28.9 Å². The average molecular weight is 833 g/mol. The Hall–Kier alpha value is -3.32. The van der Waals surface area contributed by atoms with Gasteiger partial charge in [0.25, 0.3) is 0 Å². The van der Waals surface area contributed by atoms with E-state index in [1.165, 1.54) is 55.5 Å². The first-order chi connectivity index (χ1) is 21.9. The Kier molecular flexibility index (Phi) is 11.2. The second kappa shape index (κ2) is 14.4. The quantitative estimate of drug-likeness (QED) is 0.0734. The number of allylic oxidation sites excluding steroid dienone is 2. The van der Waals surface area contributed by atoms with Crippen molar-refractivity contribution in [1.29, 1.82) is 0 Å². The second-order valence-electron chi connectivity index (χ2n) is 12.7. The third-order valence-electron chi connectivity index (χ3n) is 9.66. The van der Waals surface area contributed by atoms with Gasteiger partial charge in [0, 0.05) is 44.2 Å². The molecule has 3 nitrogen and oxygen atoms in total. The van der Waals surface area contributed by atoms with Gasteiger partial charge in [0.1, 0.15) is 0 Å². The van der Waals surface area contributed by atoms with Crippen molar-refractivity contribution in [2.24, 2.45) is 11.8 Å². The van der Waals surface area contributed by atoms with Crippen LogP contribution in [0.4, 0.5) is 13.2 Å². The predicted molar refractivity (Wildman–Crippen MR) is 186 cm³/mol. The van der Waals surface area contributed by atoms with E-state index in [2.05, 4.69) is 66.6 Å². The van der Waals surface area contributed by atoms with Crippen molar-refractivity contribution in [3.63, 3.8) is 0 Å². The topological polar surface area (TPSA) is 50.2 Å². The summed E-state index contributed by atoms with van der Waals surface area (Å²) in [5, 5.41) is 14.8. The molecule has 1 aliphatic carbocycles. The summed E-state index contributed by atoms with van der Waals surface area (Å²) in [6.45, 7) is 12.7. The van der Waals surface area contributed by atoms with Gasteiger partial charge in [0.2, 0.25) is 0 Å². The normalized spacial score (nSPS) is 14.1. The molecule has 1 aliphatic heterocycles. The molecule has 1 radical (unpaired) electrons. The molecule has 1 N–H and O–H groups in total. The van der Waals surface area contributed by atoms with Crippen LogP contribution in [0.25, 0.3) is 45.3 Å². The van der Waals surface area contributed by atoms with Crippen molar-refractivity contribution in [3.8, 4) is 22.4 Å². The molecule has 2 heterocycles. The number of benzene rings is 3. The minimum atomic E-state index is -4.40. The maximum absolute atomic E-state index is 13.0. The van der Waals surface area contributed by atoms with E-state index in [1.54, 1.807) is 0 Å². The Morgan fingerprint density at radius 1 is 0.979 bits per heavy atom. The van der Waals surface area contributed by atoms with Crippen molar-refractivity contribution in [1.82, 2.24) is 4.98 Å². The van der Waals surface area contributed by atoms with Crippen LogP contribution in [0.2, 0.25) is 13.1 Å². The van der Waals surface area contributed by atoms with E-state index in [1.807, 2.05) is 33.8 Å². The van der Waals surface area contributed by atoms with E-state index in [0.29, 0.717) is 5.69 Å². The molecule has 8 heteroatoms. The molecule has 47 heavy (non-hydrogen) atoms. The number of hydrogen-bond acceptors (Lipinski definition) is 3. The summed E-state index contributed by atoms with van der Waals surface area (Å²) in [5.74, 6) is 0.547. The second-order valence-corrected chi connectivity index (χ2v) is 17.0. The van der Waals surface area contributed by atoms with Crippen molar-refractivity contribution in [3.05, 3.63) is 89.3 Å². The molecule has 0 atom stereocenters. The Balaban J connectivity index is 0.000000269. The number of carbonyl (C=O) groups excluding carboxylic acids is 1. The number of aromatic nitrogens is 1. The van der Waals surface area contributed by atoms with E-state index >= 15 is 0 Å². The monoisotopic (exact) mass is 833 g/mol. The van der Waals surface area contributed by atoms with Crippen LogP contribution in [0.5, 0.6) is 0 Å². The number of aliphatic hydroxyl groups excluding tert-OH is 1. The largest absolute Gasteiger partial charge is 0.512 e. The minimum Gasteiger partial charge on any atom is -0.512 e. The molecule has 1 aromatic heterocycles. The molecule has 0 saturated heterocycles. The standard InChI is InChI=1S/C26H17F3NSi.C13H24O2.Ir/c1-31(2)22-13-16-6-3-5-15-9-11-19(23(15)16)24(22)20-8-4-7-18(25(20)31)21-12-10-17(14-30-21)26(27,28)29;1-5-10(6-2)12(14)9-13(15)11(7-3)8-4;/h3-6,8-14H,1-2H3;9-11,14H,5-8H2,1-4H3;/q-1;;/b;12-9-;. The zero-order chi connectivity index (χ0) is 33.4. The van der Waals surface area contributed by atoms with Crippen LogP contribution in [0.1, 0.15) is 70.1 Å². The molecule has 4 aromatic rings. The van der Waals surface area contributed by atoms with Gasteiger partial charge in [-0.25, -0.2) is 0 Å². The molecule has 0 spiro atoms. The number of nitrogens with zero attached hydrogens (tertiary/aromatic N) is 1. The third-order valence-corrected chi connectivity index (χ3v) is 13.2. The number of aliphatic hydroxyl groups is 1. The Bertz CT molecular complexity index is 1840. The average Bonchev–Trinajstić information content (AvgIpc) is 3.56. The van der Waals surface area contributed by atoms with Crippen LogP contribution in [0.15, 0.2) is 66.6 Å². The molecular formula is C39H41F3IrNO2Si-. The number of pyridine rings is 1. The SMILES string of the molecule is CCC(CC)C(=O)/C=C(\O)C(CC)CC.C[Si]1(C)c2cc3cccc4c3c(c2-c2cc[c-]c(-c3ccc(C(F)(F)F)cn3)c21)C=C4.[Ir]. The summed E-state index contributed by atoms with van der Waals surface area (Å²) in [7, 11) is -2.13. The summed E-state index contributed by atoms with van der Waals surface area (Å²) >= 11 is 0. The van der Waals surface area contributed by atoms with Gasteiger partial charge in [-0.1, -0.05) is 100 Å². The molecule has 249 valence electrons. The van der Waals surface area contributed by atoms with Crippen LogP contribution in [0, 0.1) is 17.9 Å². The van der Waals surface area contributed by atoms with Crippen LogP contribution >= 0.6 is 0 Å². The number of alkyl halides is 3. The first-order valence-corrected chi connectivity index (χ1v) is 19.2. The fourth-order valence-corrected chi connectivity index (χ4v) is 10.3. The number of rotatable bonds is 8. The molecule has 0 bridgehead atoms. The van der Waals surface area contributed by atoms with E-state index in [9.17, 15) is 23.1 Å². The van der Waals surface area contributed by atoms with Gasteiger partial charge < -0.3 is 10.1 Å². The molecule has 0 unspecified atom stereocenters. The zero-order valence-corrected chi connectivity index (χ0v) is 31.1. The number of halogens is 3. The van der Waals surface area contributed by atoms with Crippen molar-refractivity contribution in [2.75, 3.05) is 0 Å². The number of carbonyl (C=O) groups is 1. The van der Waals surface area contributed by atoms with E-state index in [0.717, 1.165) is 43.5 Å². The number of hydrogen-bond donors (Lipinski definition) is 1. The first kappa shape index (κ1) is 36.5. The molecule has 6 rings (SSSR count). The maximum Gasteiger partial charge on any atom is 0.417 e. The maximum atomic E-state index is 13.0. The first-order valence-electron chi connectivity index (χ1n) is 16.2. The predicted octanol–water partition coefficient (Wildman–Crippen LogP) is 9.87. The van der Waals surface area contributed by atoms with Crippen LogP contribution in [-0.4, -0.2) is 23.9 Å². The number of fused-ring (bicyclic) bond motifs is 4. The fraction of sp³-hybridized carbons (Fsp3) is 0.333. The Labute approximate surface area is 290 Å². The van der Waals surface area contributed by atoms with Crippen LogP contribution in [-0.2, 0) is 31.1 Å². The van der Waals surface area contributed by atoms with Gasteiger partial charge in [0.15, 0.2) is 5.78 Å². The summed E-state index contributed by atoms with van der Waals surface area (Å²) in [6.07, 6.45) is 5.79.